The number of hydrogen-bond acceptors (Lipinski definition) is 5. The normalized spacial score (nSPS) is 13.8. The third kappa shape index (κ3) is 15.7. The molecule has 26 heavy (non-hydrogen) atoms. The third-order valence-electron chi connectivity index (χ3n) is 4.46. The molecule has 0 aromatic rings. The lowest BCUT2D eigenvalue weighted by atomic mass is 10.1. The number of methoxy groups -OCH3 is 1. The molecule has 0 spiro atoms. The first-order valence-electron chi connectivity index (χ1n) is 10.3. The molecule has 0 radical (unpaired) electrons. The summed E-state index contributed by atoms with van der Waals surface area (Å²) in [4.78, 5) is 11.1. The van der Waals surface area contributed by atoms with Crippen LogP contribution in [0.25, 0.3) is 0 Å². The second-order valence-corrected chi connectivity index (χ2v) is 8.10. The van der Waals surface area contributed by atoms with Crippen molar-refractivity contribution in [3.05, 3.63) is 12.2 Å². The number of rotatable bonds is 18. The van der Waals surface area contributed by atoms with Gasteiger partial charge in [-0.25, -0.2) is 0 Å². The van der Waals surface area contributed by atoms with Gasteiger partial charge in [0.2, 0.25) is 0 Å². The van der Waals surface area contributed by atoms with Crippen LogP contribution in [0.4, 0.5) is 0 Å². The Kier molecular flexibility index (Phi) is 18.9. The molecule has 0 rings (SSSR count). The maximum Gasteiger partial charge on any atom is 0.306 e. The number of aliphatic hydroxyl groups excluding tert-OH is 2. The number of esters is 1. The lowest BCUT2D eigenvalue weighted by Crippen LogP contribution is -2.25. The molecule has 0 heterocycles. The molecule has 0 aromatic heterocycles. The molecule has 154 valence electrons. The van der Waals surface area contributed by atoms with Crippen molar-refractivity contribution in [2.45, 2.75) is 95.3 Å². The highest BCUT2D eigenvalue weighted by Crippen LogP contribution is 2.19. The molecule has 0 fully saturated rings. The van der Waals surface area contributed by atoms with Gasteiger partial charge in [-0.3, -0.25) is 4.79 Å². The fourth-order valence-electron chi connectivity index (χ4n) is 2.76. The van der Waals surface area contributed by atoms with Gasteiger partial charge in [0.15, 0.2) is 0 Å². The molecule has 0 aromatic carbocycles. The maximum atomic E-state index is 11.1. The Balaban J connectivity index is 3.73. The zero-order chi connectivity index (χ0) is 19.5. The highest BCUT2D eigenvalue weighted by atomic mass is 32.2. The first-order chi connectivity index (χ1) is 12.7. The van der Waals surface area contributed by atoms with E-state index in [4.69, 9.17) is 5.11 Å². The van der Waals surface area contributed by atoms with Crippen molar-refractivity contribution in [1.29, 1.82) is 0 Å². The zero-order valence-electron chi connectivity index (χ0n) is 16.8. The first kappa shape index (κ1) is 25.5. The second kappa shape index (κ2) is 19.2. The molecule has 2 atom stereocenters. The Morgan fingerprint density at radius 3 is 2.15 bits per heavy atom. The molecule has 0 saturated heterocycles. The SMILES string of the molecule is CCCCCCCCCCCCC=CC(SCCC(=O)OC)C(O)CO. The van der Waals surface area contributed by atoms with Gasteiger partial charge in [0.1, 0.15) is 0 Å². The lowest BCUT2D eigenvalue weighted by Gasteiger charge is -2.17. The van der Waals surface area contributed by atoms with Gasteiger partial charge in [-0.2, -0.15) is 11.8 Å². The predicted molar refractivity (Wildman–Crippen MR) is 112 cm³/mol. The number of hydrogen-bond donors (Lipinski definition) is 2. The number of aliphatic hydroxyl groups is 2. The topological polar surface area (TPSA) is 66.8 Å². The molecule has 2 unspecified atom stereocenters. The highest BCUT2D eigenvalue weighted by Gasteiger charge is 2.16. The van der Waals surface area contributed by atoms with Gasteiger partial charge in [0, 0.05) is 5.75 Å². The van der Waals surface area contributed by atoms with Gasteiger partial charge in [0.25, 0.3) is 0 Å². The van der Waals surface area contributed by atoms with E-state index >= 15 is 0 Å². The predicted octanol–water partition coefficient (Wildman–Crippen LogP) is 4.87. The molecule has 5 heteroatoms. The van der Waals surface area contributed by atoms with E-state index in [1.165, 1.54) is 83.1 Å². The smallest absolute Gasteiger partial charge is 0.306 e. The summed E-state index contributed by atoms with van der Waals surface area (Å²) < 4.78 is 4.61. The van der Waals surface area contributed by atoms with Crippen molar-refractivity contribution in [1.82, 2.24) is 0 Å². The largest absolute Gasteiger partial charge is 0.469 e. The number of allylic oxidation sites excluding steroid dienone is 1. The fourth-order valence-corrected chi connectivity index (χ4v) is 3.85. The Morgan fingerprint density at radius 2 is 1.62 bits per heavy atom. The van der Waals surface area contributed by atoms with Gasteiger partial charge >= 0.3 is 5.97 Å². The van der Waals surface area contributed by atoms with E-state index in [1.54, 1.807) is 0 Å². The summed E-state index contributed by atoms with van der Waals surface area (Å²) in [5.74, 6) is 0.334. The van der Waals surface area contributed by atoms with E-state index in [1.807, 2.05) is 6.08 Å². The highest BCUT2D eigenvalue weighted by molar-refractivity contribution is 8.00. The number of carbonyl (C=O) groups is 1. The molecule has 0 amide bonds. The van der Waals surface area contributed by atoms with E-state index in [-0.39, 0.29) is 17.8 Å². The Hall–Kier alpha value is -0.520. The van der Waals surface area contributed by atoms with Gasteiger partial charge in [-0.1, -0.05) is 76.9 Å². The van der Waals surface area contributed by atoms with Crippen molar-refractivity contribution in [3.63, 3.8) is 0 Å². The molecule has 2 N–H and O–H groups in total. The molecule has 0 saturated carbocycles. The van der Waals surface area contributed by atoms with Crippen LogP contribution in [-0.4, -0.2) is 47.0 Å². The Bertz CT molecular complexity index is 347. The van der Waals surface area contributed by atoms with Crippen molar-refractivity contribution >= 4 is 17.7 Å². The van der Waals surface area contributed by atoms with E-state index in [0.29, 0.717) is 12.2 Å². The monoisotopic (exact) mass is 388 g/mol. The van der Waals surface area contributed by atoms with E-state index in [9.17, 15) is 9.90 Å². The first-order valence-corrected chi connectivity index (χ1v) is 11.3. The van der Waals surface area contributed by atoms with Crippen molar-refractivity contribution in [2.24, 2.45) is 0 Å². The minimum absolute atomic E-state index is 0.173. The number of ether oxygens (including phenoxy) is 1. The second-order valence-electron chi connectivity index (χ2n) is 6.81. The number of unbranched alkanes of at least 4 members (excludes halogenated alkanes) is 10. The number of carbonyl (C=O) groups excluding carboxylic acids is 1. The fraction of sp³-hybridized carbons (Fsp3) is 0.857. The van der Waals surface area contributed by atoms with Crippen LogP contribution >= 0.6 is 11.8 Å². The van der Waals surface area contributed by atoms with Crippen LogP contribution in [0.3, 0.4) is 0 Å². The molecule has 0 aliphatic carbocycles. The summed E-state index contributed by atoms with van der Waals surface area (Å²) in [5, 5.41) is 18.9. The molecule has 0 aliphatic heterocycles. The summed E-state index contributed by atoms with van der Waals surface area (Å²) in [7, 11) is 1.37. The Labute approximate surface area is 164 Å². The quantitative estimate of drug-likeness (QED) is 0.199. The molecule has 4 nitrogen and oxygen atoms in total. The average molecular weight is 389 g/mol. The number of thioether (sulfide) groups is 1. The van der Waals surface area contributed by atoms with Crippen LogP contribution in [0.5, 0.6) is 0 Å². The lowest BCUT2D eigenvalue weighted by molar-refractivity contribution is -0.140. The van der Waals surface area contributed by atoms with Crippen LogP contribution in [0, 0.1) is 0 Å². The van der Waals surface area contributed by atoms with Gasteiger partial charge < -0.3 is 14.9 Å². The molecule has 0 bridgehead atoms. The van der Waals surface area contributed by atoms with Crippen LogP contribution in [0.1, 0.15) is 84.0 Å². The Morgan fingerprint density at radius 1 is 1.04 bits per heavy atom. The zero-order valence-corrected chi connectivity index (χ0v) is 17.6. The standard InChI is InChI=1S/C21H40O4S/c1-3-4-5-6-7-8-9-10-11-12-13-14-15-20(19(23)18-22)26-17-16-21(24)25-2/h14-15,19-20,22-23H,3-13,16-18H2,1-2H3. The van der Waals surface area contributed by atoms with Crippen LogP contribution in [-0.2, 0) is 9.53 Å². The molecule has 0 aliphatic rings. The minimum atomic E-state index is -0.790. The summed E-state index contributed by atoms with van der Waals surface area (Å²) in [5.41, 5.74) is 0. The average Bonchev–Trinajstić information content (AvgIpc) is 2.66. The molecular formula is C21H40O4S. The summed E-state index contributed by atoms with van der Waals surface area (Å²) in [6.45, 7) is 1.99. The van der Waals surface area contributed by atoms with Crippen LogP contribution in [0.2, 0.25) is 0 Å². The van der Waals surface area contributed by atoms with Gasteiger partial charge in [0.05, 0.1) is 31.5 Å². The van der Waals surface area contributed by atoms with Crippen LogP contribution < -0.4 is 0 Å². The van der Waals surface area contributed by atoms with E-state index in [2.05, 4.69) is 17.7 Å². The van der Waals surface area contributed by atoms with Crippen molar-refractivity contribution < 1.29 is 19.7 Å². The van der Waals surface area contributed by atoms with E-state index in [0.717, 1.165) is 6.42 Å². The summed E-state index contributed by atoms with van der Waals surface area (Å²) in [6.07, 6.45) is 17.9. The summed E-state index contributed by atoms with van der Waals surface area (Å²) >= 11 is 1.48. The van der Waals surface area contributed by atoms with E-state index < -0.39 is 6.10 Å². The van der Waals surface area contributed by atoms with Crippen molar-refractivity contribution in [2.75, 3.05) is 19.5 Å². The maximum absolute atomic E-state index is 11.1. The van der Waals surface area contributed by atoms with Crippen LogP contribution in [0.15, 0.2) is 12.2 Å². The summed E-state index contributed by atoms with van der Waals surface area (Å²) in [6, 6.07) is 0. The van der Waals surface area contributed by atoms with Gasteiger partial charge in [-0.05, 0) is 12.8 Å². The minimum Gasteiger partial charge on any atom is -0.469 e. The molecular weight excluding hydrogens is 348 g/mol. The van der Waals surface area contributed by atoms with Crippen molar-refractivity contribution in [3.8, 4) is 0 Å². The third-order valence-corrected chi connectivity index (χ3v) is 5.76. The van der Waals surface area contributed by atoms with Gasteiger partial charge in [-0.15, -0.1) is 0 Å².